The lowest BCUT2D eigenvalue weighted by molar-refractivity contribution is -0.0360. The fourth-order valence-electron chi connectivity index (χ4n) is 5.45. The molecule has 0 saturated heterocycles. The molecule has 4 bridgehead atoms. The van der Waals surface area contributed by atoms with Crippen molar-refractivity contribution in [1.82, 2.24) is 0 Å². The predicted octanol–water partition coefficient (Wildman–Crippen LogP) is 4.34. The molecule has 4 saturated carbocycles. The zero-order valence-corrected chi connectivity index (χ0v) is 11.9. The molecule has 1 aromatic rings. The van der Waals surface area contributed by atoms with E-state index in [9.17, 15) is 0 Å². The Morgan fingerprint density at radius 3 is 2.00 bits per heavy atom. The molecule has 1 aromatic carbocycles. The molecule has 4 fully saturated rings. The second-order valence-corrected chi connectivity index (χ2v) is 7.25. The molecule has 1 heteroatoms. The smallest absolute Gasteiger partial charge is 0.0337 e. The maximum Gasteiger partial charge on any atom is 0.0337 e. The van der Waals surface area contributed by atoms with Gasteiger partial charge >= 0.3 is 0 Å². The van der Waals surface area contributed by atoms with Crippen LogP contribution in [0.3, 0.4) is 0 Å². The molecule has 0 heterocycles. The summed E-state index contributed by atoms with van der Waals surface area (Å²) < 4.78 is 0. The molecule has 102 valence electrons. The Balaban J connectivity index is 1.50. The summed E-state index contributed by atoms with van der Waals surface area (Å²) in [4.78, 5) is 0. The Morgan fingerprint density at radius 2 is 1.47 bits per heavy atom. The number of hydrogen-bond donors (Lipinski definition) is 1. The zero-order valence-electron chi connectivity index (χ0n) is 11.9. The van der Waals surface area contributed by atoms with Crippen LogP contribution in [0.5, 0.6) is 0 Å². The molecule has 5 rings (SSSR count). The SMILES string of the molecule is CNc1ccc(CC2C3CC4CC(C3)CC2C4)cc1. The average Bonchev–Trinajstić information content (AvgIpc) is 2.43. The molecule has 1 nitrogen and oxygen atoms in total. The lowest BCUT2D eigenvalue weighted by Gasteiger charge is -2.54. The topological polar surface area (TPSA) is 12.0 Å². The van der Waals surface area contributed by atoms with Gasteiger partial charge in [0.1, 0.15) is 0 Å². The molecule has 1 N–H and O–H groups in total. The predicted molar refractivity (Wildman–Crippen MR) is 80.2 cm³/mol. The summed E-state index contributed by atoms with van der Waals surface area (Å²) in [6.07, 6.45) is 9.09. The molecule has 19 heavy (non-hydrogen) atoms. The van der Waals surface area contributed by atoms with Crippen LogP contribution in [0.1, 0.15) is 37.7 Å². The lowest BCUT2D eigenvalue weighted by atomic mass is 9.51. The Bertz CT molecular complexity index is 419. The number of benzene rings is 1. The quantitative estimate of drug-likeness (QED) is 0.847. The van der Waals surface area contributed by atoms with Crippen molar-refractivity contribution < 1.29 is 0 Å². The molecule has 0 spiro atoms. The van der Waals surface area contributed by atoms with Crippen LogP contribution < -0.4 is 5.32 Å². The van der Waals surface area contributed by atoms with Crippen molar-refractivity contribution in [3.05, 3.63) is 29.8 Å². The standard InChI is InChI=1S/C18H25N/c1-19-17-4-2-12(3-5-17)11-18-15-7-13-6-14(9-15)10-16(18)8-13/h2-5,13-16,18-19H,6-11H2,1H3. The maximum absolute atomic E-state index is 3.21. The van der Waals surface area contributed by atoms with Crippen LogP contribution in [0.4, 0.5) is 5.69 Å². The number of nitrogens with one attached hydrogen (secondary N) is 1. The van der Waals surface area contributed by atoms with Crippen LogP contribution in [0, 0.1) is 29.6 Å². The van der Waals surface area contributed by atoms with Gasteiger partial charge in [0.25, 0.3) is 0 Å². The van der Waals surface area contributed by atoms with Gasteiger partial charge < -0.3 is 5.32 Å². The van der Waals surface area contributed by atoms with E-state index in [1.165, 1.54) is 12.1 Å². The first kappa shape index (κ1) is 11.8. The summed E-state index contributed by atoms with van der Waals surface area (Å²) in [7, 11) is 1.99. The Hall–Kier alpha value is -0.980. The van der Waals surface area contributed by atoms with E-state index in [1.54, 1.807) is 37.7 Å². The molecular weight excluding hydrogens is 230 g/mol. The second kappa shape index (κ2) is 4.54. The van der Waals surface area contributed by atoms with E-state index >= 15 is 0 Å². The molecular formula is C18H25N. The van der Waals surface area contributed by atoms with E-state index in [-0.39, 0.29) is 0 Å². The van der Waals surface area contributed by atoms with Gasteiger partial charge in [-0.3, -0.25) is 0 Å². The molecule has 0 atom stereocenters. The van der Waals surface area contributed by atoms with E-state index in [1.807, 2.05) is 7.05 Å². The first-order valence-electron chi connectivity index (χ1n) is 8.08. The van der Waals surface area contributed by atoms with Gasteiger partial charge in [-0.1, -0.05) is 12.1 Å². The van der Waals surface area contributed by atoms with Crippen LogP contribution in [0.15, 0.2) is 24.3 Å². The minimum atomic E-state index is 0.994. The summed E-state index contributed by atoms with van der Waals surface area (Å²) in [5, 5.41) is 3.21. The largest absolute Gasteiger partial charge is 0.388 e. The van der Waals surface area contributed by atoms with Gasteiger partial charge in [0.15, 0.2) is 0 Å². The molecule has 0 radical (unpaired) electrons. The molecule has 0 amide bonds. The van der Waals surface area contributed by atoms with Crippen molar-refractivity contribution in [2.24, 2.45) is 29.6 Å². The van der Waals surface area contributed by atoms with Crippen molar-refractivity contribution in [1.29, 1.82) is 0 Å². The third-order valence-electron chi connectivity index (χ3n) is 6.14. The zero-order chi connectivity index (χ0) is 12.8. The van der Waals surface area contributed by atoms with Crippen LogP contribution in [0.25, 0.3) is 0 Å². The molecule has 4 aliphatic rings. The average molecular weight is 255 g/mol. The fourth-order valence-corrected chi connectivity index (χ4v) is 5.45. The van der Waals surface area contributed by atoms with Crippen molar-refractivity contribution in [2.45, 2.75) is 38.5 Å². The first-order chi connectivity index (χ1) is 9.31. The third-order valence-corrected chi connectivity index (χ3v) is 6.14. The van der Waals surface area contributed by atoms with Crippen LogP contribution in [-0.4, -0.2) is 7.05 Å². The van der Waals surface area contributed by atoms with Crippen LogP contribution >= 0.6 is 0 Å². The summed E-state index contributed by atoms with van der Waals surface area (Å²) in [5.74, 6) is 5.31. The second-order valence-electron chi connectivity index (χ2n) is 7.25. The highest BCUT2D eigenvalue weighted by Crippen LogP contribution is 2.57. The number of hydrogen-bond acceptors (Lipinski definition) is 1. The normalized spacial score (nSPS) is 39.5. The summed E-state index contributed by atoms with van der Waals surface area (Å²) >= 11 is 0. The van der Waals surface area contributed by atoms with Gasteiger partial charge in [-0.2, -0.15) is 0 Å². The summed E-state index contributed by atoms with van der Waals surface area (Å²) in [6.45, 7) is 0. The lowest BCUT2D eigenvalue weighted by Crippen LogP contribution is -2.45. The van der Waals surface area contributed by atoms with Crippen molar-refractivity contribution in [3.63, 3.8) is 0 Å². The maximum atomic E-state index is 3.21. The van der Waals surface area contributed by atoms with E-state index in [0.717, 1.165) is 29.6 Å². The van der Waals surface area contributed by atoms with Gasteiger partial charge in [-0.25, -0.2) is 0 Å². The van der Waals surface area contributed by atoms with Gasteiger partial charge in [-0.15, -0.1) is 0 Å². The van der Waals surface area contributed by atoms with E-state index in [0.29, 0.717) is 0 Å². The highest BCUT2D eigenvalue weighted by atomic mass is 14.8. The van der Waals surface area contributed by atoms with Gasteiger partial charge in [0.2, 0.25) is 0 Å². The minimum Gasteiger partial charge on any atom is -0.388 e. The monoisotopic (exact) mass is 255 g/mol. The molecule has 0 aromatic heterocycles. The van der Waals surface area contributed by atoms with Crippen molar-refractivity contribution in [2.75, 3.05) is 12.4 Å². The van der Waals surface area contributed by atoms with Crippen LogP contribution in [-0.2, 0) is 6.42 Å². The fraction of sp³-hybridized carbons (Fsp3) is 0.667. The first-order valence-corrected chi connectivity index (χ1v) is 8.08. The van der Waals surface area contributed by atoms with Gasteiger partial charge in [0.05, 0.1) is 0 Å². The van der Waals surface area contributed by atoms with Crippen molar-refractivity contribution in [3.8, 4) is 0 Å². The highest BCUT2D eigenvalue weighted by Gasteiger charge is 2.47. The Labute approximate surface area is 116 Å². The van der Waals surface area contributed by atoms with E-state index in [4.69, 9.17) is 0 Å². The van der Waals surface area contributed by atoms with E-state index < -0.39 is 0 Å². The third kappa shape index (κ3) is 2.07. The van der Waals surface area contributed by atoms with Gasteiger partial charge in [-0.05, 0) is 85.8 Å². The van der Waals surface area contributed by atoms with E-state index in [2.05, 4.69) is 29.6 Å². The molecule has 0 aliphatic heterocycles. The van der Waals surface area contributed by atoms with Crippen LogP contribution in [0.2, 0.25) is 0 Å². The Kier molecular flexibility index (Phi) is 2.82. The molecule has 0 unspecified atom stereocenters. The summed E-state index contributed by atoms with van der Waals surface area (Å²) in [6, 6.07) is 9.12. The number of anilines is 1. The van der Waals surface area contributed by atoms with Crippen molar-refractivity contribution >= 4 is 5.69 Å². The number of rotatable bonds is 3. The highest BCUT2D eigenvalue weighted by molar-refractivity contribution is 5.43. The van der Waals surface area contributed by atoms with Gasteiger partial charge in [0, 0.05) is 12.7 Å². The molecule has 4 aliphatic carbocycles. The minimum absolute atomic E-state index is 0.994. The Morgan fingerprint density at radius 1 is 0.895 bits per heavy atom. The summed E-state index contributed by atoms with van der Waals surface area (Å²) in [5.41, 5.74) is 2.78.